The lowest BCUT2D eigenvalue weighted by Crippen LogP contribution is -2.23. The summed E-state index contributed by atoms with van der Waals surface area (Å²) in [5.41, 5.74) is 2.41. The number of carbonyl (C=O) groups excluding carboxylic acids is 1. The quantitative estimate of drug-likeness (QED) is 0.642. The Morgan fingerprint density at radius 2 is 1.81 bits per heavy atom. The molecule has 1 aliphatic rings. The minimum Gasteiger partial charge on any atom is -0.492 e. The second kappa shape index (κ2) is 9.62. The topological polar surface area (TPSA) is 41.6 Å². The van der Waals surface area contributed by atoms with Gasteiger partial charge in [-0.3, -0.25) is 4.79 Å². The van der Waals surface area contributed by atoms with Crippen molar-refractivity contribution in [2.75, 3.05) is 24.6 Å². The molecule has 1 amide bonds. The fourth-order valence-corrected chi connectivity index (χ4v) is 3.46. The molecule has 1 saturated heterocycles. The van der Waals surface area contributed by atoms with E-state index in [-0.39, 0.29) is 5.91 Å². The minimum atomic E-state index is 0.0596. The highest BCUT2D eigenvalue weighted by molar-refractivity contribution is 9.10. The summed E-state index contributed by atoms with van der Waals surface area (Å²) in [5.74, 6) is 0.871. The monoisotopic (exact) mass is 416 g/mol. The molecule has 138 valence electrons. The molecule has 1 aliphatic heterocycles. The van der Waals surface area contributed by atoms with Gasteiger partial charge in [-0.25, -0.2) is 0 Å². The van der Waals surface area contributed by atoms with Crippen LogP contribution in [0.2, 0.25) is 0 Å². The van der Waals surface area contributed by atoms with Crippen LogP contribution in [0.3, 0.4) is 0 Å². The van der Waals surface area contributed by atoms with E-state index in [9.17, 15) is 4.79 Å². The molecule has 2 aromatic rings. The Hall–Kier alpha value is -2.01. The summed E-state index contributed by atoms with van der Waals surface area (Å²) in [4.78, 5) is 14.4. The van der Waals surface area contributed by atoms with Crippen molar-refractivity contribution < 1.29 is 9.53 Å². The number of halogens is 1. The van der Waals surface area contributed by atoms with E-state index < -0.39 is 0 Å². The van der Waals surface area contributed by atoms with Crippen LogP contribution in [0, 0.1) is 0 Å². The first-order chi connectivity index (χ1) is 12.7. The number of benzene rings is 2. The highest BCUT2D eigenvalue weighted by Gasteiger charge is 2.11. The maximum absolute atomic E-state index is 12.0. The molecule has 1 fully saturated rings. The first kappa shape index (κ1) is 18.8. The Morgan fingerprint density at radius 3 is 2.54 bits per heavy atom. The lowest BCUT2D eigenvalue weighted by atomic mass is 10.2. The maximum Gasteiger partial charge on any atom is 0.220 e. The second-order valence-electron chi connectivity index (χ2n) is 6.52. The summed E-state index contributed by atoms with van der Waals surface area (Å²) in [6, 6.07) is 16.2. The van der Waals surface area contributed by atoms with Crippen molar-refractivity contribution in [2.45, 2.75) is 32.2 Å². The molecular formula is C21H25BrN2O2. The molecule has 0 saturated carbocycles. The van der Waals surface area contributed by atoms with E-state index in [2.05, 4.69) is 50.4 Å². The van der Waals surface area contributed by atoms with E-state index in [4.69, 9.17) is 4.74 Å². The predicted octanol–water partition coefficient (Wildman–Crippen LogP) is 4.52. The van der Waals surface area contributed by atoms with Crippen LogP contribution in [-0.2, 0) is 11.3 Å². The number of para-hydroxylation sites is 1. The molecular weight excluding hydrogens is 392 g/mol. The Labute approximate surface area is 163 Å². The van der Waals surface area contributed by atoms with Crippen LogP contribution in [0.1, 0.15) is 31.2 Å². The van der Waals surface area contributed by atoms with Crippen LogP contribution in [0.15, 0.2) is 53.0 Å². The Balaban J connectivity index is 1.34. The van der Waals surface area contributed by atoms with Crippen LogP contribution in [0.5, 0.6) is 5.75 Å². The molecule has 1 heterocycles. The lowest BCUT2D eigenvalue weighted by Gasteiger charge is -2.17. The zero-order valence-electron chi connectivity index (χ0n) is 14.9. The van der Waals surface area contributed by atoms with E-state index in [0.29, 0.717) is 26.0 Å². The fraction of sp³-hybridized carbons (Fsp3) is 0.381. The van der Waals surface area contributed by atoms with E-state index in [1.165, 1.54) is 18.5 Å². The van der Waals surface area contributed by atoms with Gasteiger partial charge in [-0.05, 0) is 65.0 Å². The summed E-state index contributed by atoms with van der Waals surface area (Å²) < 4.78 is 6.61. The van der Waals surface area contributed by atoms with E-state index >= 15 is 0 Å². The van der Waals surface area contributed by atoms with Crippen LogP contribution in [0.25, 0.3) is 0 Å². The molecule has 0 bridgehead atoms. The molecule has 0 radical (unpaired) electrons. The number of carbonyl (C=O) groups is 1. The van der Waals surface area contributed by atoms with Crippen molar-refractivity contribution in [3.63, 3.8) is 0 Å². The smallest absolute Gasteiger partial charge is 0.220 e. The average Bonchev–Trinajstić information content (AvgIpc) is 3.20. The van der Waals surface area contributed by atoms with Crippen molar-refractivity contribution in [2.24, 2.45) is 0 Å². The third kappa shape index (κ3) is 5.49. The van der Waals surface area contributed by atoms with Crippen LogP contribution >= 0.6 is 15.9 Å². The van der Waals surface area contributed by atoms with Crippen molar-refractivity contribution in [1.82, 2.24) is 5.32 Å². The van der Waals surface area contributed by atoms with Crippen molar-refractivity contribution >= 4 is 27.5 Å². The maximum atomic E-state index is 12.0. The standard InChI is InChI=1S/C21H25BrN2O2/c22-19-6-1-2-7-20(19)26-15-5-8-21(25)23-16-17-9-11-18(12-10-17)24-13-3-4-14-24/h1-2,6-7,9-12H,3-5,8,13-16H2,(H,23,25). The van der Waals surface area contributed by atoms with Crippen LogP contribution < -0.4 is 15.0 Å². The average molecular weight is 417 g/mol. The summed E-state index contributed by atoms with van der Waals surface area (Å²) in [6.45, 7) is 3.40. The molecule has 1 N–H and O–H groups in total. The first-order valence-corrected chi connectivity index (χ1v) is 9.99. The SMILES string of the molecule is O=C(CCCOc1ccccc1Br)NCc1ccc(N2CCCC2)cc1. The first-order valence-electron chi connectivity index (χ1n) is 9.20. The van der Waals surface area contributed by atoms with Gasteiger partial charge in [0.15, 0.2) is 0 Å². The molecule has 5 heteroatoms. The molecule has 4 nitrogen and oxygen atoms in total. The van der Waals surface area contributed by atoms with Crippen molar-refractivity contribution in [1.29, 1.82) is 0 Å². The molecule has 0 unspecified atom stereocenters. The Bertz CT molecular complexity index is 712. The van der Waals surface area contributed by atoms with Gasteiger partial charge >= 0.3 is 0 Å². The summed E-state index contributed by atoms with van der Waals surface area (Å²) in [5, 5.41) is 2.98. The number of nitrogens with one attached hydrogen (secondary N) is 1. The molecule has 3 rings (SSSR count). The van der Waals surface area contributed by atoms with Gasteiger partial charge in [0.1, 0.15) is 5.75 Å². The summed E-state index contributed by atoms with van der Waals surface area (Å²) in [7, 11) is 0. The number of hydrogen-bond acceptors (Lipinski definition) is 3. The van der Waals surface area contributed by atoms with Gasteiger partial charge in [0.2, 0.25) is 5.91 Å². The number of anilines is 1. The Morgan fingerprint density at radius 1 is 1.08 bits per heavy atom. The highest BCUT2D eigenvalue weighted by Crippen LogP contribution is 2.24. The van der Waals surface area contributed by atoms with Gasteiger partial charge in [0.25, 0.3) is 0 Å². The molecule has 0 aromatic heterocycles. The van der Waals surface area contributed by atoms with E-state index in [1.54, 1.807) is 0 Å². The van der Waals surface area contributed by atoms with Crippen molar-refractivity contribution in [3.05, 3.63) is 58.6 Å². The molecule has 0 atom stereocenters. The number of hydrogen-bond donors (Lipinski definition) is 1. The normalized spacial score (nSPS) is 13.7. The third-order valence-corrected chi connectivity index (χ3v) is 5.19. The van der Waals surface area contributed by atoms with Gasteiger partial charge in [-0.1, -0.05) is 24.3 Å². The largest absolute Gasteiger partial charge is 0.492 e. The Kier molecular flexibility index (Phi) is 6.95. The second-order valence-corrected chi connectivity index (χ2v) is 7.37. The van der Waals surface area contributed by atoms with E-state index in [1.807, 2.05) is 24.3 Å². The number of ether oxygens (including phenoxy) is 1. The molecule has 0 aliphatic carbocycles. The summed E-state index contributed by atoms with van der Waals surface area (Å²) >= 11 is 3.45. The van der Waals surface area contributed by atoms with Gasteiger partial charge in [0.05, 0.1) is 11.1 Å². The number of amides is 1. The van der Waals surface area contributed by atoms with Gasteiger partial charge in [-0.15, -0.1) is 0 Å². The summed E-state index contributed by atoms with van der Waals surface area (Å²) in [6.07, 6.45) is 3.73. The number of nitrogens with zero attached hydrogens (tertiary/aromatic N) is 1. The third-order valence-electron chi connectivity index (χ3n) is 4.54. The zero-order chi connectivity index (χ0) is 18.2. The zero-order valence-corrected chi connectivity index (χ0v) is 16.5. The minimum absolute atomic E-state index is 0.0596. The van der Waals surface area contributed by atoms with Gasteiger partial charge in [-0.2, -0.15) is 0 Å². The van der Waals surface area contributed by atoms with Crippen molar-refractivity contribution in [3.8, 4) is 5.75 Å². The highest BCUT2D eigenvalue weighted by atomic mass is 79.9. The van der Waals surface area contributed by atoms with Crippen LogP contribution in [-0.4, -0.2) is 25.6 Å². The lowest BCUT2D eigenvalue weighted by molar-refractivity contribution is -0.121. The number of rotatable bonds is 8. The van der Waals surface area contributed by atoms with Crippen LogP contribution in [0.4, 0.5) is 5.69 Å². The molecule has 2 aromatic carbocycles. The van der Waals surface area contributed by atoms with Gasteiger partial charge in [0, 0.05) is 31.7 Å². The van der Waals surface area contributed by atoms with Gasteiger partial charge < -0.3 is 15.0 Å². The van der Waals surface area contributed by atoms with E-state index in [0.717, 1.165) is 28.9 Å². The molecule has 0 spiro atoms. The predicted molar refractivity (Wildman–Crippen MR) is 109 cm³/mol. The molecule has 26 heavy (non-hydrogen) atoms. The fourth-order valence-electron chi connectivity index (χ4n) is 3.07.